The fourth-order valence-electron chi connectivity index (χ4n) is 1.74. The van der Waals surface area contributed by atoms with Gasteiger partial charge in [0.15, 0.2) is 5.82 Å². The fraction of sp³-hybridized carbons (Fsp3) is 0.231. The average molecular weight is 323 g/mol. The van der Waals surface area contributed by atoms with E-state index in [0.29, 0.717) is 16.2 Å². The van der Waals surface area contributed by atoms with Crippen molar-refractivity contribution >= 4 is 21.7 Å². The lowest BCUT2D eigenvalue weighted by Gasteiger charge is -2.13. The van der Waals surface area contributed by atoms with Crippen molar-refractivity contribution in [1.29, 1.82) is 0 Å². The Kier molecular flexibility index (Phi) is 4.01. The maximum absolute atomic E-state index is 5.85. The van der Waals surface area contributed by atoms with Crippen LogP contribution < -0.4 is 16.0 Å². The number of nitrogens with zero attached hydrogens (tertiary/aromatic N) is 2. The fourth-order valence-corrected chi connectivity index (χ4v) is 2.14. The third-order valence-corrected chi connectivity index (χ3v) is 3.58. The Morgan fingerprint density at radius 2 is 1.95 bits per heavy atom. The first-order valence-electron chi connectivity index (χ1n) is 5.75. The molecule has 19 heavy (non-hydrogen) atoms. The molecule has 0 aliphatic carbocycles. The molecule has 0 aliphatic rings. The minimum Gasteiger partial charge on any atom is -0.437 e. The Balaban J connectivity index is 2.42. The van der Waals surface area contributed by atoms with E-state index in [0.717, 1.165) is 16.9 Å². The molecule has 0 fully saturated rings. The summed E-state index contributed by atoms with van der Waals surface area (Å²) in [6.07, 6.45) is 1.40. The molecule has 5 nitrogen and oxygen atoms in total. The average Bonchev–Trinajstić information content (AvgIpc) is 2.37. The second kappa shape index (κ2) is 5.54. The van der Waals surface area contributed by atoms with Crippen LogP contribution in [0.25, 0.3) is 0 Å². The van der Waals surface area contributed by atoms with E-state index in [4.69, 9.17) is 10.6 Å². The molecule has 0 unspecified atom stereocenters. The number of hydrogen-bond donors (Lipinski definition) is 2. The van der Waals surface area contributed by atoms with E-state index in [1.165, 1.54) is 11.9 Å². The van der Waals surface area contributed by atoms with Crippen LogP contribution >= 0.6 is 15.9 Å². The normalized spacial score (nSPS) is 10.4. The summed E-state index contributed by atoms with van der Waals surface area (Å²) in [5, 5.41) is 0. The highest BCUT2D eigenvalue weighted by atomic mass is 79.9. The van der Waals surface area contributed by atoms with Crippen LogP contribution in [-0.2, 0) is 0 Å². The van der Waals surface area contributed by atoms with Gasteiger partial charge >= 0.3 is 0 Å². The molecule has 2 rings (SSSR count). The largest absolute Gasteiger partial charge is 0.437 e. The minimum atomic E-state index is 0.427. The van der Waals surface area contributed by atoms with Gasteiger partial charge in [-0.3, -0.25) is 0 Å². The number of hydrogen-bond acceptors (Lipinski definition) is 5. The molecule has 0 atom stereocenters. The number of halogens is 1. The summed E-state index contributed by atoms with van der Waals surface area (Å²) < 4.78 is 6.44. The zero-order valence-electron chi connectivity index (χ0n) is 11.0. The number of ether oxygens (including phenoxy) is 1. The Morgan fingerprint density at radius 1 is 1.21 bits per heavy atom. The van der Waals surface area contributed by atoms with Gasteiger partial charge in [0.2, 0.25) is 5.88 Å². The van der Waals surface area contributed by atoms with Gasteiger partial charge in [0, 0.05) is 0 Å². The molecule has 1 aromatic carbocycles. The van der Waals surface area contributed by atoms with Crippen LogP contribution in [0.2, 0.25) is 0 Å². The molecular formula is C13H15BrN4O. The van der Waals surface area contributed by atoms with E-state index < -0.39 is 0 Å². The summed E-state index contributed by atoms with van der Waals surface area (Å²) in [6.45, 7) is 6.10. The van der Waals surface area contributed by atoms with Gasteiger partial charge in [0.25, 0.3) is 0 Å². The molecule has 0 bridgehead atoms. The molecule has 1 heterocycles. The second-order valence-corrected chi connectivity index (χ2v) is 5.09. The van der Waals surface area contributed by atoms with Crippen molar-refractivity contribution in [3.05, 3.63) is 39.6 Å². The minimum absolute atomic E-state index is 0.427. The number of benzene rings is 1. The number of aromatic nitrogens is 2. The lowest BCUT2D eigenvalue weighted by molar-refractivity contribution is 0.454. The number of hydrazine groups is 1. The lowest BCUT2D eigenvalue weighted by atomic mass is 10.1. The third kappa shape index (κ3) is 2.85. The maximum Gasteiger partial charge on any atom is 0.238 e. The lowest BCUT2D eigenvalue weighted by Crippen LogP contribution is -2.10. The smallest absolute Gasteiger partial charge is 0.238 e. The van der Waals surface area contributed by atoms with Crippen molar-refractivity contribution in [2.45, 2.75) is 20.8 Å². The number of anilines is 1. The molecule has 100 valence electrons. The summed E-state index contributed by atoms with van der Waals surface area (Å²) in [6, 6.07) is 4.09. The van der Waals surface area contributed by atoms with E-state index in [9.17, 15) is 0 Å². The van der Waals surface area contributed by atoms with Gasteiger partial charge < -0.3 is 10.2 Å². The molecule has 0 saturated heterocycles. The number of nitrogen functional groups attached to an aromatic ring is 1. The van der Waals surface area contributed by atoms with Gasteiger partial charge in [-0.25, -0.2) is 15.8 Å². The Hall–Kier alpha value is -1.66. The van der Waals surface area contributed by atoms with E-state index >= 15 is 0 Å². The summed E-state index contributed by atoms with van der Waals surface area (Å²) in [5.74, 6) is 7.05. The first-order valence-corrected chi connectivity index (χ1v) is 6.55. The van der Waals surface area contributed by atoms with Gasteiger partial charge in [-0.1, -0.05) is 6.07 Å². The summed E-state index contributed by atoms with van der Waals surface area (Å²) in [7, 11) is 0. The molecule has 1 aromatic heterocycles. The van der Waals surface area contributed by atoms with E-state index in [1.807, 2.05) is 19.9 Å². The Labute approximate surface area is 120 Å². The number of nitrogens with two attached hydrogens (primary N) is 1. The van der Waals surface area contributed by atoms with Crippen LogP contribution in [0.5, 0.6) is 11.6 Å². The van der Waals surface area contributed by atoms with Gasteiger partial charge in [-0.15, -0.1) is 0 Å². The monoisotopic (exact) mass is 322 g/mol. The van der Waals surface area contributed by atoms with Crippen LogP contribution in [0, 0.1) is 20.8 Å². The Bertz CT molecular complexity index is 616. The summed E-state index contributed by atoms with van der Waals surface area (Å²) in [4.78, 5) is 8.09. The second-order valence-electron chi connectivity index (χ2n) is 4.29. The molecule has 6 heteroatoms. The summed E-state index contributed by atoms with van der Waals surface area (Å²) in [5.41, 5.74) is 5.88. The highest BCUT2D eigenvalue weighted by Crippen LogP contribution is 2.33. The van der Waals surface area contributed by atoms with Crippen LogP contribution in [0.1, 0.15) is 16.7 Å². The van der Waals surface area contributed by atoms with Crippen molar-refractivity contribution in [2.75, 3.05) is 5.43 Å². The van der Waals surface area contributed by atoms with Crippen molar-refractivity contribution in [2.24, 2.45) is 5.84 Å². The zero-order valence-corrected chi connectivity index (χ0v) is 12.6. The zero-order chi connectivity index (χ0) is 14.0. The van der Waals surface area contributed by atoms with Crippen molar-refractivity contribution in [1.82, 2.24) is 9.97 Å². The van der Waals surface area contributed by atoms with Crippen LogP contribution in [0.3, 0.4) is 0 Å². The number of nitrogens with one attached hydrogen (secondary N) is 1. The number of aryl methyl sites for hydroxylation is 2. The van der Waals surface area contributed by atoms with Crippen molar-refractivity contribution in [3.63, 3.8) is 0 Å². The van der Waals surface area contributed by atoms with Crippen LogP contribution in [-0.4, -0.2) is 9.97 Å². The van der Waals surface area contributed by atoms with Gasteiger partial charge in [-0.05, 0) is 59.5 Å². The molecule has 3 N–H and O–H groups in total. The quantitative estimate of drug-likeness (QED) is 0.670. The van der Waals surface area contributed by atoms with Gasteiger partial charge in [-0.2, -0.15) is 0 Å². The van der Waals surface area contributed by atoms with E-state index in [2.05, 4.69) is 44.3 Å². The topological polar surface area (TPSA) is 73.1 Å². The maximum atomic E-state index is 5.85. The van der Waals surface area contributed by atoms with Crippen molar-refractivity contribution in [3.8, 4) is 11.6 Å². The molecule has 0 radical (unpaired) electrons. The van der Waals surface area contributed by atoms with E-state index in [-0.39, 0.29) is 0 Å². The van der Waals surface area contributed by atoms with Crippen LogP contribution in [0.4, 0.5) is 5.82 Å². The SMILES string of the molecule is Cc1cc(C)c(C)c(Oc2ncnc(NN)c2Br)c1. The van der Waals surface area contributed by atoms with Crippen molar-refractivity contribution < 1.29 is 4.74 Å². The molecule has 0 amide bonds. The highest BCUT2D eigenvalue weighted by molar-refractivity contribution is 9.10. The van der Waals surface area contributed by atoms with Gasteiger partial charge in [0.1, 0.15) is 16.5 Å². The molecule has 0 aliphatic heterocycles. The molecule has 0 saturated carbocycles. The number of rotatable bonds is 3. The third-order valence-electron chi connectivity index (χ3n) is 2.86. The van der Waals surface area contributed by atoms with Crippen LogP contribution in [0.15, 0.2) is 22.9 Å². The standard InChI is InChI=1S/C13H15BrN4O/c1-7-4-8(2)9(3)10(5-7)19-13-11(14)12(18-15)16-6-17-13/h4-6H,15H2,1-3H3,(H,16,17,18). The Morgan fingerprint density at radius 3 is 2.63 bits per heavy atom. The predicted octanol–water partition coefficient (Wildman–Crippen LogP) is 3.24. The molecular weight excluding hydrogens is 308 g/mol. The predicted molar refractivity (Wildman–Crippen MR) is 78.3 cm³/mol. The first-order chi connectivity index (χ1) is 9.02. The van der Waals surface area contributed by atoms with E-state index in [1.54, 1.807) is 0 Å². The molecule has 0 spiro atoms. The summed E-state index contributed by atoms with van der Waals surface area (Å²) >= 11 is 3.37. The molecule has 2 aromatic rings. The van der Waals surface area contributed by atoms with Gasteiger partial charge in [0.05, 0.1) is 0 Å². The first kappa shape index (κ1) is 13.8. The highest BCUT2D eigenvalue weighted by Gasteiger charge is 2.12.